The van der Waals surface area contributed by atoms with Gasteiger partial charge in [-0.2, -0.15) is 21.0 Å². The summed E-state index contributed by atoms with van der Waals surface area (Å²) in [4.78, 5) is 16.0. The summed E-state index contributed by atoms with van der Waals surface area (Å²) in [6.07, 6.45) is 6.71. The van der Waals surface area contributed by atoms with Crippen molar-refractivity contribution < 1.29 is 30.7 Å². The Labute approximate surface area is 168 Å². The average Bonchev–Trinajstić information content (AvgIpc) is 2.63. The van der Waals surface area contributed by atoms with Crippen molar-refractivity contribution in [2.24, 2.45) is 0 Å². The van der Waals surface area contributed by atoms with Crippen LogP contribution in [0.1, 0.15) is 79.1 Å². The predicted octanol–water partition coefficient (Wildman–Crippen LogP) is 4.87. The van der Waals surface area contributed by atoms with Gasteiger partial charge in [0.2, 0.25) is 0 Å². The Morgan fingerprint density at radius 2 is 0.640 bits per heavy atom. The second-order valence-electron chi connectivity index (χ2n) is 3.63. The summed E-state index contributed by atoms with van der Waals surface area (Å²) >= 11 is 0. The van der Waals surface area contributed by atoms with Crippen LogP contribution in [-0.2, 0) is 30.7 Å². The molecule has 0 rings (SSSR count). The normalized spacial score (nSPS) is 5.44. The summed E-state index contributed by atoms with van der Waals surface area (Å²) in [7, 11) is 0. The van der Waals surface area contributed by atoms with Crippen molar-refractivity contribution in [3.05, 3.63) is 0 Å². The zero-order valence-corrected chi connectivity index (χ0v) is 19.0. The molecule has 142 valence electrons. The Kier molecular flexibility index (Phi) is 169. The molecule has 0 aromatic carbocycles. The molecule has 6 nitrogen and oxygen atoms in total. The Hall–Kier alpha value is -2.01. The van der Waals surface area contributed by atoms with E-state index in [1.54, 1.807) is 0 Å². The SMILES string of the molecule is C=O.C=O.CCCC#N.CCCC#N.CCCC#N.CCCC#N.[W]. The Bertz CT molecular complexity index is 273. The van der Waals surface area contributed by atoms with E-state index in [9.17, 15) is 0 Å². The van der Waals surface area contributed by atoms with Crippen LogP contribution in [0.15, 0.2) is 0 Å². The molecule has 0 saturated carbocycles. The van der Waals surface area contributed by atoms with E-state index in [0.717, 1.165) is 25.7 Å². The maximum absolute atomic E-state index is 8.00. The summed E-state index contributed by atoms with van der Waals surface area (Å²) in [5.74, 6) is 0. The van der Waals surface area contributed by atoms with Gasteiger partial charge < -0.3 is 9.59 Å². The number of hydrogen-bond acceptors (Lipinski definition) is 6. The number of nitrogens with zero attached hydrogens (tertiary/aromatic N) is 4. The standard InChI is InChI=1S/4C4H7N.2CH2O.W/c4*1-2-3-4-5;2*1-2;/h4*2-3H2,1H3;2*1H2;. The topological polar surface area (TPSA) is 129 Å². The van der Waals surface area contributed by atoms with Gasteiger partial charge in [-0.1, -0.05) is 27.7 Å². The fraction of sp³-hybridized carbons (Fsp3) is 0.667. The maximum Gasteiger partial charge on any atom is 0.106 e. The van der Waals surface area contributed by atoms with Crippen LogP contribution in [0, 0.1) is 45.3 Å². The van der Waals surface area contributed by atoms with E-state index >= 15 is 0 Å². The number of rotatable bonds is 4. The molecule has 0 aliphatic rings. The Balaban J connectivity index is -0.0000000319. The van der Waals surface area contributed by atoms with Crippen LogP contribution in [0.5, 0.6) is 0 Å². The predicted molar refractivity (Wildman–Crippen MR) is 96.3 cm³/mol. The molecular formula is C18H32N4O2W. The van der Waals surface area contributed by atoms with Crippen molar-refractivity contribution in [1.82, 2.24) is 0 Å². The van der Waals surface area contributed by atoms with Gasteiger partial charge in [0.15, 0.2) is 0 Å². The summed E-state index contributed by atoms with van der Waals surface area (Å²) < 4.78 is 0. The first-order chi connectivity index (χ1) is 11.7. The molecule has 0 spiro atoms. The minimum atomic E-state index is 0. The molecule has 0 aromatic rings. The molecule has 25 heavy (non-hydrogen) atoms. The summed E-state index contributed by atoms with van der Waals surface area (Å²) in [5, 5.41) is 31.3. The molecule has 0 aromatic heterocycles. The van der Waals surface area contributed by atoms with Crippen LogP contribution in [0.2, 0.25) is 0 Å². The van der Waals surface area contributed by atoms with Gasteiger partial charge in [-0.15, -0.1) is 0 Å². The van der Waals surface area contributed by atoms with E-state index in [4.69, 9.17) is 30.6 Å². The van der Waals surface area contributed by atoms with Crippen molar-refractivity contribution in [2.75, 3.05) is 0 Å². The van der Waals surface area contributed by atoms with Gasteiger partial charge in [0.1, 0.15) is 13.6 Å². The second kappa shape index (κ2) is 97.1. The van der Waals surface area contributed by atoms with Crippen molar-refractivity contribution in [3.8, 4) is 24.3 Å². The molecule has 0 fully saturated rings. The van der Waals surface area contributed by atoms with Crippen LogP contribution in [0.25, 0.3) is 0 Å². The molecule has 0 radical (unpaired) electrons. The zero-order chi connectivity index (χ0) is 20.5. The van der Waals surface area contributed by atoms with Gasteiger partial charge in [0, 0.05) is 46.7 Å². The molecule has 0 N–H and O–H groups in total. The summed E-state index contributed by atoms with van der Waals surface area (Å²) in [6.45, 7) is 12.0. The summed E-state index contributed by atoms with van der Waals surface area (Å²) in [5.41, 5.74) is 0. The van der Waals surface area contributed by atoms with Crippen LogP contribution in [0.3, 0.4) is 0 Å². The molecule has 0 atom stereocenters. The third-order valence-electron chi connectivity index (χ3n) is 1.45. The van der Waals surface area contributed by atoms with Gasteiger partial charge in [-0.3, -0.25) is 0 Å². The van der Waals surface area contributed by atoms with E-state index < -0.39 is 0 Å². The van der Waals surface area contributed by atoms with Crippen LogP contribution in [0.4, 0.5) is 0 Å². The van der Waals surface area contributed by atoms with Crippen molar-refractivity contribution in [1.29, 1.82) is 21.0 Å². The zero-order valence-electron chi connectivity index (χ0n) is 16.1. The fourth-order valence-corrected chi connectivity index (χ4v) is 0.447. The van der Waals surface area contributed by atoms with Crippen molar-refractivity contribution in [2.45, 2.75) is 79.1 Å². The smallest absolute Gasteiger partial charge is 0.106 e. The second-order valence-corrected chi connectivity index (χ2v) is 3.63. The molecule has 0 aliphatic heterocycles. The van der Waals surface area contributed by atoms with Crippen LogP contribution < -0.4 is 0 Å². The Morgan fingerprint density at radius 3 is 0.640 bits per heavy atom. The first kappa shape index (κ1) is 43.5. The van der Waals surface area contributed by atoms with Crippen LogP contribution in [-0.4, -0.2) is 13.6 Å². The average molecular weight is 520 g/mol. The molecule has 0 bridgehead atoms. The fourth-order valence-electron chi connectivity index (χ4n) is 0.447. The van der Waals surface area contributed by atoms with Gasteiger partial charge >= 0.3 is 0 Å². The van der Waals surface area contributed by atoms with E-state index in [2.05, 4.69) is 0 Å². The van der Waals surface area contributed by atoms with Crippen molar-refractivity contribution >= 4 is 13.6 Å². The van der Waals surface area contributed by atoms with E-state index in [0.29, 0.717) is 25.7 Å². The maximum atomic E-state index is 8.00. The van der Waals surface area contributed by atoms with Gasteiger partial charge in [0.25, 0.3) is 0 Å². The van der Waals surface area contributed by atoms with E-state index in [1.165, 1.54) is 0 Å². The van der Waals surface area contributed by atoms with E-state index in [1.807, 2.05) is 65.5 Å². The molecule has 0 heterocycles. The first-order valence-corrected chi connectivity index (χ1v) is 7.71. The van der Waals surface area contributed by atoms with E-state index in [-0.39, 0.29) is 21.1 Å². The largest absolute Gasteiger partial charge is 0.307 e. The van der Waals surface area contributed by atoms with Crippen LogP contribution >= 0.6 is 0 Å². The third kappa shape index (κ3) is 245. The number of hydrogen-bond donors (Lipinski definition) is 0. The third-order valence-corrected chi connectivity index (χ3v) is 1.45. The van der Waals surface area contributed by atoms with Crippen molar-refractivity contribution in [3.63, 3.8) is 0 Å². The first-order valence-electron chi connectivity index (χ1n) is 7.71. The van der Waals surface area contributed by atoms with Gasteiger partial charge in [-0.25, -0.2) is 0 Å². The molecule has 0 saturated heterocycles. The number of unbranched alkanes of at least 4 members (excludes halogenated alkanes) is 4. The molecule has 0 aliphatic carbocycles. The minimum Gasteiger partial charge on any atom is -0.307 e. The molecule has 7 heteroatoms. The molecule has 0 unspecified atom stereocenters. The minimum absolute atomic E-state index is 0. The Morgan fingerprint density at radius 1 is 0.520 bits per heavy atom. The number of carbonyl (C=O) groups excluding carboxylic acids is 2. The molecular weight excluding hydrogens is 488 g/mol. The number of carbonyl (C=O) groups is 2. The van der Waals surface area contributed by atoms with Gasteiger partial charge in [0.05, 0.1) is 24.3 Å². The van der Waals surface area contributed by atoms with Gasteiger partial charge in [-0.05, 0) is 25.7 Å². The monoisotopic (exact) mass is 520 g/mol. The quantitative estimate of drug-likeness (QED) is 0.520. The number of nitriles is 4. The summed E-state index contributed by atoms with van der Waals surface area (Å²) in [6, 6.07) is 8.07. The molecule has 0 amide bonds.